The third-order valence-electron chi connectivity index (χ3n) is 4.86. The average Bonchev–Trinajstić information content (AvgIpc) is 2.97. The van der Waals surface area contributed by atoms with E-state index < -0.39 is 36.2 Å². The summed E-state index contributed by atoms with van der Waals surface area (Å²) in [5.41, 5.74) is 7.16. The zero-order chi connectivity index (χ0) is 21.7. The van der Waals surface area contributed by atoms with Crippen LogP contribution in [0.2, 0.25) is 0 Å². The van der Waals surface area contributed by atoms with Crippen LogP contribution in [-0.2, 0) is 19.1 Å². The van der Waals surface area contributed by atoms with Gasteiger partial charge in [-0.2, -0.15) is 0 Å². The van der Waals surface area contributed by atoms with Gasteiger partial charge in [-0.15, -0.1) is 0 Å². The molecule has 3 amide bonds. The Hall–Kier alpha value is -3.24. The van der Waals surface area contributed by atoms with E-state index in [1.807, 2.05) is 6.07 Å². The van der Waals surface area contributed by atoms with E-state index >= 15 is 0 Å². The second-order valence-corrected chi connectivity index (χ2v) is 7.21. The first-order valence-corrected chi connectivity index (χ1v) is 9.56. The summed E-state index contributed by atoms with van der Waals surface area (Å²) in [5.74, 6) is -1.81. The summed E-state index contributed by atoms with van der Waals surface area (Å²) in [7, 11) is 0. The zero-order valence-corrected chi connectivity index (χ0v) is 16.2. The van der Waals surface area contributed by atoms with Crippen LogP contribution in [0, 0.1) is 0 Å². The number of esters is 1. The molecule has 1 fully saturated rings. The molecule has 5 N–H and O–H groups in total. The molecule has 10 heteroatoms. The van der Waals surface area contributed by atoms with E-state index in [-0.39, 0.29) is 38.4 Å². The lowest BCUT2D eigenvalue weighted by molar-refractivity contribution is -0.155. The lowest BCUT2D eigenvalue weighted by Crippen LogP contribution is -2.50. The van der Waals surface area contributed by atoms with E-state index in [1.54, 1.807) is 30.3 Å². The Morgan fingerprint density at radius 1 is 1.23 bits per heavy atom. The minimum atomic E-state index is -1.41. The monoisotopic (exact) mass is 416 g/mol. The van der Waals surface area contributed by atoms with Crippen molar-refractivity contribution in [1.29, 1.82) is 0 Å². The molecule has 2 aliphatic rings. The van der Waals surface area contributed by atoms with E-state index in [9.17, 15) is 24.3 Å². The Balaban J connectivity index is 1.58. The maximum atomic E-state index is 12.5. The second-order valence-electron chi connectivity index (χ2n) is 7.21. The van der Waals surface area contributed by atoms with Crippen molar-refractivity contribution in [3.63, 3.8) is 0 Å². The van der Waals surface area contributed by atoms with Gasteiger partial charge in [-0.1, -0.05) is 24.3 Å². The normalized spacial score (nSPS) is 24.0. The number of nitrogens with two attached hydrogens (primary N) is 1. The Morgan fingerprint density at radius 3 is 2.63 bits per heavy atom. The average molecular weight is 416 g/mol. The third kappa shape index (κ3) is 5.43. The van der Waals surface area contributed by atoms with Crippen LogP contribution >= 0.6 is 0 Å². The van der Waals surface area contributed by atoms with Gasteiger partial charge in [0.15, 0.2) is 0 Å². The number of benzene rings is 1. The fraction of sp³-hybridized carbons (Fsp3) is 0.400. The van der Waals surface area contributed by atoms with Crippen molar-refractivity contribution in [3.05, 3.63) is 47.5 Å². The van der Waals surface area contributed by atoms with Crippen molar-refractivity contribution in [2.45, 2.75) is 31.2 Å². The van der Waals surface area contributed by atoms with Gasteiger partial charge in [-0.05, 0) is 24.1 Å². The minimum Gasteiger partial charge on any atom is -0.434 e. The number of cyclic esters (lactones) is 1. The van der Waals surface area contributed by atoms with Crippen LogP contribution in [-0.4, -0.2) is 71.7 Å². The number of carbonyl (C=O) groups excluding carboxylic acids is 4. The molecule has 1 aromatic carbocycles. The molecule has 3 atom stereocenters. The Bertz CT molecular complexity index is 856. The van der Waals surface area contributed by atoms with E-state index in [2.05, 4.69) is 15.4 Å². The van der Waals surface area contributed by atoms with Crippen LogP contribution in [0.3, 0.4) is 0 Å². The van der Waals surface area contributed by atoms with Crippen LogP contribution < -0.4 is 16.4 Å². The van der Waals surface area contributed by atoms with Crippen LogP contribution in [0.5, 0.6) is 0 Å². The number of ether oxygens (including phenoxy) is 1. The zero-order valence-electron chi connectivity index (χ0n) is 16.2. The number of rotatable bonds is 6. The summed E-state index contributed by atoms with van der Waals surface area (Å²) in [6.45, 7) is 0.0289. The van der Waals surface area contributed by atoms with Crippen LogP contribution in [0.1, 0.15) is 23.2 Å². The summed E-state index contributed by atoms with van der Waals surface area (Å²) in [6, 6.07) is 7.06. The van der Waals surface area contributed by atoms with Crippen molar-refractivity contribution < 1.29 is 29.0 Å². The smallest absolute Gasteiger partial charge is 0.310 e. The molecular weight excluding hydrogens is 392 g/mol. The number of hydrogen-bond donors (Lipinski definition) is 4. The van der Waals surface area contributed by atoms with Gasteiger partial charge < -0.3 is 31.1 Å². The first kappa shape index (κ1) is 21.5. The standard InChI is InChI=1S/C20H24N4O6/c21-14-7-6-12(9-22-18(27)13-4-2-1-3-5-13)10-24(19(14)28)11-16(25)23-15-8-17(26)30-20(15)29/h1-6,14-15,20,29H,7-11,21H2,(H,22,27)(H,23,25). The van der Waals surface area contributed by atoms with E-state index in [0.29, 0.717) is 5.56 Å². The third-order valence-corrected chi connectivity index (χ3v) is 4.86. The maximum absolute atomic E-state index is 12.5. The molecule has 0 spiro atoms. The molecule has 30 heavy (non-hydrogen) atoms. The van der Waals surface area contributed by atoms with Gasteiger partial charge in [-0.25, -0.2) is 0 Å². The fourth-order valence-electron chi connectivity index (χ4n) is 3.26. The largest absolute Gasteiger partial charge is 0.434 e. The minimum absolute atomic E-state index is 0.123. The van der Waals surface area contributed by atoms with Gasteiger partial charge in [0.05, 0.1) is 19.0 Å². The second kappa shape index (κ2) is 9.51. The first-order valence-electron chi connectivity index (χ1n) is 9.56. The van der Waals surface area contributed by atoms with Gasteiger partial charge in [-0.3, -0.25) is 19.2 Å². The summed E-state index contributed by atoms with van der Waals surface area (Å²) in [4.78, 5) is 49.6. The number of aliphatic hydroxyl groups excluding tert-OH is 1. The van der Waals surface area contributed by atoms with E-state index in [0.717, 1.165) is 5.57 Å². The molecule has 160 valence electrons. The number of carbonyl (C=O) groups is 4. The van der Waals surface area contributed by atoms with Gasteiger partial charge in [0, 0.05) is 18.7 Å². The van der Waals surface area contributed by atoms with Crippen LogP contribution in [0.25, 0.3) is 0 Å². The highest BCUT2D eigenvalue weighted by atomic mass is 16.6. The summed E-state index contributed by atoms with van der Waals surface area (Å²) < 4.78 is 4.58. The molecule has 0 aromatic heterocycles. The summed E-state index contributed by atoms with van der Waals surface area (Å²) in [6.07, 6.45) is 0.528. The van der Waals surface area contributed by atoms with Crippen molar-refractivity contribution in [2.75, 3.05) is 19.6 Å². The first-order chi connectivity index (χ1) is 14.3. The highest BCUT2D eigenvalue weighted by Gasteiger charge is 2.35. The molecule has 0 bridgehead atoms. The molecule has 1 saturated heterocycles. The summed E-state index contributed by atoms with van der Waals surface area (Å²) in [5, 5.41) is 14.9. The van der Waals surface area contributed by atoms with Gasteiger partial charge in [0.1, 0.15) is 6.04 Å². The number of amides is 3. The SMILES string of the molecule is NC1CC=C(CNC(=O)c2ccccc2)CN(CC(=O)NC2CC(=O)OC2O)C1=O. The predicted molar refractivity (Wildman–Crippen MR) is 105 cm³/mol. The predicted octanol–water partition coefficient (Wildman–Crippen LogP) is -1.35. The molecule has 10 nitrogen and oxygen atoms in total. The highest BCUT2D eigenvalue weighted by Crippen LogP contribution is 2.14. The molecule has 0 saturated carbocycles. The summed E-state index contributed by atoms with van der Waals surface area (Å²) >= 11 is 0. The molecular formula is C20H24N4O6. The lowest BCUT2D eigenvalue weighted by Gasteiger charge is -2.24. The molecule has 2 heterocycles. The van der Waals surface area contributed by atoms with Gasteiger partial charge >= 0.3 is 5.97 Å². The van der Waals surface area contributed by atoms with Crippen molar-refractivity contribution in [3.8, 4) is 0 Å². The molecule has 3 rings (SSSR count). The number of aliphatic hydroxyl groups is 1. The van der Waals surface area contributed by atoms with Crippen molar-refractivity contribution >= 4 is 23.7 Å². The highest BCUT2D eigenvalue weighted by molar-refractivity contribution is 5.94. The van der Waals surface area contributed by atoms with E-state index in [1.165, 1.54) is 4.90 Å². The molecule has 2 aliphatic heterocycles. The van der Waals surface area contributed by atoms with Gasteiger partial charge in [0.2, 0.25) is 18.1 Å². The number of nitrogens with one attached hydrogen (secondary N) is 2. The van der Waals surface area contributed by atoms with Crippen molar-refractivity contribution in [1.82, 2.24) is 15.5 Å². The maximum Gasteiger partial charge on any atom is 0.310 e. The lowest BCUT2D eigenvalue weighted by atomic mass is 10.1. The molecule has 0 aliphatic carbocycles. The quantitative estimate of drug-likeness (QED) is 0.331. The van der Waals surface area contributed by atoms with Crippen molar-refractivity contribution in [2.24, 2.45) is 5.73 Å². The Labute approximate surface area is 173 Å². The number of nitrogens with zero attached hydrogens (tertiary/aromatic N) is 1. The molecule has 1 aromatic rings. The van der Waals surface area contributed by atoms with Crippen LogP contribution in [0.4, 0.5) is 0 Å². The van der Waals surface area contributed by atoms with E-state index in [4.69, 9.17) is 5.73 Å². The fourth-order valence-corrected chi connectivity index (χ4v) is 3.26. The molecule has 3 unspecified atom stereocenters. The Morgan fingerprint density at radius 2 is 1.97 bits per heavy atom. The Kier molecular flexibility index (Phi) is 6.80. The molecule has 0 radical (unpaired) electrons. The topological polar surface area (TPSA) is 151 Å². The number of hydrogen-bond acceptors (Lipinski definition) is 7. The van der Waals surface area contributed by atoms with Crippen LogP contribution in [0.15, 0.2) is 42.0 Å². The van der Waals surface area contributed by atoms with Gasteiger partial charge in [0.25, 0.3) is 5.91 Å².